The molecule has 14 heavy (non-hydrogen) atoms. The van der Waals surface area contributed by atoms with E-state index in [-0.39, 0.29) is 11.6 Å². The highest BCUT2D eigenvalue weighted by atomic mass is 16.5. The Morgan fingerprint density at radius 1 is 1.71 bits per heavy atom. The molecular formula is C11H20N2O. The maximum Gasteiger partial charge on any atom is 0.211 e. The molecule has 1 rings (SSSR count). The molecule has 2 N–H and O–H groups in total. The number of ether oxygens (including phenoxy) is 1. The third-order valence-corrected chi connectivity index (χ3v) is 2.24. The second-order valence-electron chi connectivity index (χ2n) is 4.47. The first-order chi connectivity index (χ1) is 6.43. The standard InChI is InChI=1S/C11H20N2O/c1-5-9(12)6-10-13-11(3,4)7-8(2)14-10/h6,8H,5,7,12H2,1-4H3/b9-6-. The summed E-state index contributed by atoms with van der Waals surface area (Å²) >= 11 is 0. The molecule has 0 spiro atoms. The Hall–Kier alpha value is -0.990. The fourth-order valence-electron chi connectivity index (χ4n) is 1.65. The second-order valence-corrected chi connectivity index (χ2v) is 4.47. The van der Waals surface area contributed by atoms with Crippen LogP contribution in [-0.2, 0) is 4.74 Å². The minimum atomic E-state index is -0.0302. The van der Waals surface area contributed by atoms with Crippen molar-refractivity contribution in [3.8, 4) is 0 Å². The molecule has 1 heterocycles. The molecule has 0 aromatic heterocycles. The number of hydrogen-bond acceptors (Lipinski definition) is 3. The molecule has 1 aliphatic heterocycles. The minimum Gasteiger partial charge on any atom is -0.475 e. The first-order valence-corrected chi connectivity index (χ1v) is 5.15. The molecule has 1 atom stereocenters. The lowest BCUT2D eigenvalue weighted by atomic mass is 9.97. The van der Waals surface area contributed by atoms with Crippen LogP contribution in [0.5, 0.6) is 0 Å². The number of nitrogens with zero attached hydrogens (tertiary/aromatic N) is 1. The zero-order chi connectivity index (χ0) is 10.8. The zero-order valence-corrected chi connectivity index (χ0v) is 9.50. The van der Waals surface area contributed by atoms with E-state index >= 15 is 0 Å². The van der Waals surface area contributed by atoms with E-state index in [2.05, 4.69) is 25.8 Å². The number of nitrogens with two attached hydrogens (primary N) is 1. The molecule has 0 saturated heterocycles. The molecule has 1 aliphatic rings. The Balaban J connectivity index is 2.83. The predicted octanol–water partition coefficient (Wildman–Crippen LogP) is 2.22. The maximum absolute atomic E-state index is 5.74. The lowest BCUT2D eigenvalue weighted by Gasteiger charge is -2.30. The van der Waals surface area contributed by atoms with Gasteiger partial charge in [-0.2, -0.15) is 0 Å². The van der Waals surface area contributed by atoms with Gasteiger partial charge in [-0.1, -0.05) is 6.92 Å². The molecule has 0 radical (unpaired) electrons. The van der Waals surface area contributed by atoms with Crippen LogP contribution in [0.15, 0.2) is 16.8 Å². The molecule has 0 saturated carbocycles. The second kappa shape index (κ2) is 4.03. The van der Waals surface area contributed by atoms with Gasteiger partial charge in [0.05, 0.1) is 11.6 Å². The van der Waals surface area contributed by atoms with Crippen molar-refractivity contribution in [2.24, 2.45) is 10.7 Å². The highest BCUT2D eigenvalue weighted by molar-refractivity contribution is 5.89. The average molecular weight is 196 g/mol. The van der Waals surface area contributed by atoms with E-state index in [9.17, 15) is 0 Å². The summed E-state index contributed by atoms with van der Waals surface area (Å²) in [5.74, 6) is 0.674. The molecule has 80 valence electrons. The van der Waals surface area contributed by atoms with Crippen molar-refractivity contribution in [3.05, 3.63) is 11.8 Å². The van der Waals surface area contributed by atoms with Crippen LogP contribution in [0.25, 0.3) is 0 Å². The van der Waals surface area contributed by atoms with Crippen LogP contribution >= 0.6 is 0 Å². The van der Waals surface area contributed by atoms with Crippen LogP contribution in [0, 0.1) is 0 Å². The highest BCUT2D eigenvalue weighted by Gasteiger charge is 2.27. The molecular weight excluding hydrogens is 176 g/mol. The fourth-order valence-corrected chi connectivity index (χ4v) is 1.65. The van der Waals surface area contributed by atoms with Crippen LogP contribution in [0.1, 0.15) is 40.5 Å². The molecule has 0 aromatic carbocycles. The van der Waals surface area contributed by atoms with Crippen molar-refractivity contribution < 1.29 is 4.74 Å². The minimum absolute atomic E-state index is 0.0302. The zero-order valence-electron chi connectivity index (χ0n) is 9.50. The predicted molar refractivity (Wildman–Crippen MR) is 59.2 cm³/mol. The summed E-state index contributed by atoms with van der Waals surface area (Å²) in [7, 11) is 0. The van der Waals surface area contributed by atoms with Gasteiger partial charge in [-0.25, -0.2) is 4.99 Å². The highest BCUT2D eigenvalue weighted by Crippen LogP contribution is 2.24. The normalized spacial score (nSPS) is 26.7. The van der Waals surface area contributed by atoms with E-state index in [1.807, 2.05) is 13.0 Å². The van der Waals surface area contributed by atoms with Crippen molar-refractivity contribution in [2.45, 2.75) is 52.2 Å². The largest absolute Gasteiger partial charge is 0.475 e. The van der Waals surface area contributed by atoms with Crippen LogP contribution in [0.4, 0.5) is 0 Å². The molecule has 0 fully saturated rings. The smallest absolute Gasteiger partial charge is 0.211 e. The summed E-state index contributed by atoms with van der Waals surface area (Å²) in [4.78, 5) is 4.49. The van der Waals surface area contributed by atoms with E-state index in [1.165, 1.54) is 0 Å². The van der Waals surface area contributed by atoms with Crippen LogP contribution in [0.2, 0.25) is 0 Å². The molecule has 0 amide bonds. The van der Waals surface area contributed by atoms with Gasteiger partial charge in [-0.15, -0.1) is 0 Å². The quantitative estimate of drug-likeness (QED) is 0.736. The van der Waals surface area contributed by atoms with Gasteiger partial charge < -0.3 is 10.5 Å². The maximum atomic E-state index is 5.74. The first kappa shape index (κ1) is 11.1. The van der Waals surface area contributed by atoms with Gasteiger partial charge in [0.1, 0.15) is 0 Å². The Bertz CT molecular complexity index is 266. The number of allylic oxidation sites excluding steroid dienone is 1. The van der Waals surface area contributed by atoms with Gasteiger partial charge in [-0.05, 0) is 27.2 Å². The third kappa shape index (κ3) is 3.05. The molecule has 3 nitrogen and oxygen atoms in total. The lowest BCUT2D eigenvalue weighted by Crippen LogP contribution is -2.33. The van der Waals surface area contributed by atoms with E-state index in [0.29, 0.717) is 5.90 Å². The lowest BCUT2D eigenvalue weighted by molar-refractivity contribution is 0.147. The van der Waals surface area contributed by atoms with Crippen molar-refractivity contribution >= 4 is 5.90 Å². The fraction of sp³-hybridized carbons (Fsp3) is 0.727. The molecule has 0 bridgehead atoms. The summed E-state index contributed by atoms with van der Waals surface area (Å²) in [6, 6.07) is 0. The number of rotatable bonds is 2. The van der Waals surface area contributed by atoms with Gasteiger partial charge in [-0.3, -0.25) is 0 Å². The Kier molecular flexibility index (Phi) is 3.19. The van der Waals surface area contributed by atoms with Gasteiger partial charge in [0.25, 0.3) is 0 Å². The van der Waals surface area contributed by atoms with E-state index in [4.69, 9.17) is 10.5 Å². The molecule has 0 aromatic rings. The Morgan fingerprint density at radius 2 is 2.36 bits per heavy atom. The average Bonchev–Trinajstić information content (AvgIpc) is 1.99. The molecule has 1 unspecified atom stereocenters. The third-order valence-electron chi connectivity index (χ3n) is 2.24. The SMILES string of the molecule is CC/C(N)=C/C1=NC(C)(C)CC(C)O1. The van der Waals surface area contributed by atoms with Crippen molar-refractivity contribution in [2.75, 3.05) is 0 Å². The number of aliphatic imine (C=N–C) groups is 1. The molecule has 0 aliphatic carbocycles. The van der Waals surface area contributed by atoms with E-state index in [1.54, 1.807) is 0 Å². The van der Waals surface area contributed by atoms with Crippen LogP contribution < -0.4 is 5.73 Å². The summed E-state index contributed by atoms with van der Waals surface area (Å²) in [6.45, 7) is 8.31. The summed E-state index contributed by atoms with van der Waals surface area (Å²) < 4.78 is 5.59. The van der Waals surface area contributed by atoms with Gasteiger partial charge >= 0.3 is 0 Å². The van der Waals surface area contributed by atoms with E-state index < -0.39 is 0 Å². The molecule has 3 heteroatoms. The topological polar surface area (TPSA) is 47.6 Å². The monoisotopic (exact) mass is 196 g/mol. The van der Waals surface area contributed by atoms with E-state index in [0.717, 1.165) is 18.5 Å². The first-order valence-electron chi connectivity index (χ1n) is 5.15. The van der Waals surface area contributed by atoms with Crippen LogP contribution in [-0.4, -0.2) is 17.5 Å². The Labute approximate surface area is 86.0 Å². The van der Waals surface area contributed by atoms with Crippen molar-refractivity contribution in [1.82, 2.24) is 0 Å². The summed E-state index contributed by atoms with van der Waals surface area (Å²) in [5, 5.41) is 0. The van der Waals surface area contributed by atoms with Crippen LogP contribution in [0.3, 0.4) is 0 Å². The van der Waals surface area contributed by atoms with Crippen molar-refractivity contribution in [3.63, 3.8) is 0 Å². The number of hydrogen-bond donors (Lipinski definition) is 1. The van der Waals surface area contributed by atoms with Gasteiger partial charge in [0.15, 0.2) is 0 Å². The summed E-state index contributed by atoms with van der Waals surface area (Å²) in [6.07, 6.45) is 3.84. The summed E-state index contributed by atoms with van der Waals surface area (Å²) in [5.41, 5.74) is 6.52. The van der Waals surface area contributed by atoms with Crippen molar-refractivity contribution in [1.29, 1.82) is 0 Å². The van der Waals surface area contributed by atoms with Gasteiger partial charge in [0.2, 0.25) is 5.90 Å². The van der Waals surface area contributed by atoms with Gasteiger partial charge in [0, 0.05) is 18.2 Å². The Morgan fingerprint density at radius 3 is 2.86 bits per heavy atom.